The molecule has 0 unspecified atom stereocenters. The van der Waals surface area contributed by atoms with Crippen LogP contribution >= 0.6 is 0 Å². The highest BCUT2D eigenvalue weighted by Crippen LogP contribution is 2.20. The third kappa shape index (κ3) is 6.01. The summed E-state index contributed by atoms with van der Waals surface area (Å²) in [5, 5.41) is 6.13. The van der Waals surface area contributed by atoms with Gasteiger partial charge in [0.1, 0.15) is 0 Å². The van der Waals surface area contributed by atoms with E-state index in [1.54, 1.807) is 7.05 Å². The highest BCUT2D eigenvalue weighted by Gasteiger charge is 2.29. The maximum absolute atomic E-state index is 12.1. The molecule has 0 bridgehead atoms. The zero-order valence-electron chi connectivity index (χ0n) is 13.9. The van der Waals surface area contributed by atoms with Gasteiger partial charge < -0.3 is 15.5 Å². The van der Waals surface area contributed by atoms with Crippen LogP contribution in [0.15, 0.2) is 0 Å². The molecule has 1 heterocycles. The number of likely N-dealkylation sites (tertiary alicyclic amines) is 1. The van der Waals surface area contributed by atoms with Gasteiger partial charge in [0.25, 0.3) is 0 Å². The summed E-state index contributed by atoms with van der Waals surface area (Å²) in [5.74, 6) is -0.0798. The Morgan fingerprint density at radius 2 is 1.90 bits per heavy atom. The summed E-state index contributed by atoms with van der Waals surface area (Å²) in [5.41, 5.74) is 0.186. The molecule has 6 heteroatoms. The van der Waals surface area contributed by atoms with Gasteiger partial charge >= 0.3 is 0 Å². The van der Waals surface area contributed by atoms with Gasteiger partial charge in [0.05, 0.1) is 13.1 Å². The number of rotatable bonds is 7. The third-order valence-corrected chi connectivity index (χ3v) is 4.30. The summed E-state index contributed by atoms with van der Waals surface area (Å²) in [6.07, 6.45) is 2.98. The molecule has 0 radical (unpaired) electrons. The monoisotopic (exact) mass is 298 g/mol. The summed E-state index contributed by atoms with van der Waals surface area (Å²) in [4.78, 5) is 27.4. The lowest BCUT2D eigenvalue weighted by molar-refractivity contribution is -0.135. The summed E-state index contributed by atoms with van der Waals surface area (Å²) >= 11 is 0. The third-order valence-electron chi connectivity index (χ3n) is 4.30. The van der Waals surface area contributed by atoms with E-state index in [2.05, 4.69) is 22.5 Å². The van der Waals surface area contributed by atoms with Crippen LogP contribution in [0.2, 0.25) is 0 Å². The fourth-order valence-electron chi connectivity index (χ4n) is 2.39. The van der Waals surface area contributed by atoms with E-state index in [0.717, 1.165) is 32.4 Å². The largest absolute Gasteiger partial charge is 0.355 e. The van der Waals surface area contributed by atoms with Gasteiger partial charge in [0.15, 0.2) is 0 Å². The van der Waals surface area contributed by atoms with Crippen LogP contribution in [0.25, 0.3) is 0 Å². The van der Waals surface area contributed by atoms with Crippen LogP contribution in [0.3, 0.4) is 0 Å². The summed E-state index contributed by atoms with van der Waals surface area (Å²) in [7, 11) is 3.68. The SMILES string of the molecule is CCCNC(=O)CN(C)C(=O)CN1CCC(C)(NC)CC1. The standard InChI is InChI=1S/C15H30N4O2/c1-5-8-17-13(20)11-18(4)14(21)12-19-9-6-15(2,16-3)7-10-19/h16H,5-12H2,1-4H3,(H,17,20). The first-order valence-corrected chi connectivity index (χ1v) is 7.82. The van der Waals surface area contributed by atoms with Crippen LogP contribution in [-0.2, 0) is 9.59 Å². The topological polar surface area (TPSA) is 64.7 Å². The molecular formula is C15H30N4O2. The van der Waals surface area contributed by atoms with Gasteiger partial charge in [0, 0.05) is 32.2 Å². The van der Waals surface area contributed by atoms with Gasteiger partial charge in [-0.05, 0) is 33.2 Å². The maximum atomic E-state index is 12.1. The Kier molecular flexibility index (Phi) is 7.11. The van der Waals surface area contributed by atoms with Crippen molar-refractivity contribution in [2.45, 2.75) is 38.6 Å². The second-order valence-corrected chi connectivity index (χ2v) is 6.19. The Morgan fingerprint density at radius 3 is 2.43 bits per heavy atom. The lowest BCUT2D eigenvalue weighted by Gasteiger charge is -2.39. The number of nitrogens with one attached hydrogen (secondary N) is 2. The molecule has 0 aromatic carbocycles. The average Bonchev–Trinajstić information content (AvgIpc) is 2.47. The van der Waals surface area contributed by atoms with Crippen LogP contribution < -0.4 is 10.6 Å². The zero-order valence-corrected chi connectivity index (χ0v) is 13.9. The van der Waals surface area contributed by atoms with Crippen LogP contribution in [0.4, 0.5) is 0 Å². The molecule has 1 rings (SSSR count). The van der Waals surface area contributed by atoms with Gasteiger partial charge in [-0.15, -0.1) is 0 Å². The Labute approximate surface area is 128 Å². The number of nitrogens with zero attached hydrogens (tertiary/aromatic N) is 2. The first kappa shape index (κ1) is 17.9. The minimum absolute atomic E-state index is 0.00899. The van der Waals surface area contributed by atoms with Gasteiger partial charge in [-0.1, -0.05) is 6.92 Å². The molecule has 0 saturated carbocycles. The van der Waals surface area contributed by atoms with Crippen LogP contribution in [-0.4, -0.2) is 74.0 Å². The zero-order chi connectivity index (χ0) is 15.9. The van der Waals surface area contributed by atoms with Crippen molar-refractivity contribution >= 4 is 11.8 Å². The molecule has 1 aliphatic rings. The van der Waals surface area contributed by atoms with Gasteiger partial charge in [-0.3, -0.25) is 14.5 Å². The fourth-order valence-corrected chi connectivity index (χ4v) is 2.39. The Bertz CT molecular complexity index is 352. The second kappa shape index (κ2) is 8.34. The molecular weight excluding hydrogens is 268 g/mol. The molecule has 6 nitrogen and oxygen atoms in total. The van der Waals surface area contributed by atoms with Gasteiger partial charge in [0.2, 0.25) is 11.8 Å². The van der Waals surface area contributed by atoms with Crippen molar-refractivity contribution in [2.24, 2.45) is 0 Å². The number of likely N-dealkylation sites (N-methyl/N-ethyl adjacent to an activating group) is 1. The number of amides is 2. The summed E-state index contributed by atoms with van der Waals surface area (Å²) in [6.45, 7) is 7.26. The van der Waals surface area contributed by atoms with Crippen LogP contribution in [0.5, 0.6) is 0 Å². The first-order chi connectivity index (χ1) is 9.90. The number of hydrogen-bond donors (Lipinski definition) is 2. The van der Waals surface area contributed by atoms with Crippen LogP contribution in [0.1, 0.15) is 33.1 Å². The molecule has 2 N–H and O–H groups in total. The number of carbonyl (C=O) groups is 2. The molecule has 1 aliphatic heterocycles. The Morgan fingerprint density at radius 1 is 1.29 bits per heavy atom. The Balaban J connectivity index is 2.31. The summed E-state index contributed by atoms with van der Waals surface area (Å²) in [6, 6.07) is 0. The number of hydrogen-bond acceptors (Lipinski definition) is 4. The van der Waals surface area contributed by atoms with E-state index in [0.29, 0.717) is 13.1 Å². The number of carbonyl (C=O) groups excluding carboxylic acids is 2. The highest BCUT2D eigenvalue weighted by molar-refractivity contribution is 5.85. The lowest BCUT2D eigenvalue weighted by Crippen LogP contribution is -2.52. The smallest absolute Gasteiger partial charge is 0.239 e. The Hall–Kier alpha value is -1.14. The molecule has 1 fully saturated rings. The average molecular weight is 298 g/mol. The molecule has 1 saturated heterocycles. The highest BCUT2D eigenvalue weighted by atomic mass is 16.2. The first-order valence-electron chi connectivity index (χ1n) is 7.82. The van der Waals surface area contributed by atoms with E-state index in [-0.39, 0.29) is 23.9 Å². The molecule has 2 amide bonds. The van der Waals surface area contributed by atoms with Crippen LogP contribution in [0, 0.1) is 0 Å². The van der Waals surface area contributed by atoms with Crippen molar-refractivity contribution in [3.05, 3.63) is 0 Å². The van der Waals surface area contributed by atoms with Gasteiger partial charge in [-0.2, -0.15) is 0 Å². The summed E-state index contributed by atoms with van der Waals surface area (Å²) < 4.78 is 0. The van der Waals surface area contributed by atoms with Crippen molar-refractivity contribution < 1.29 is 9.59 Å². The van der Waals surface area contributed by atoms with E-state index >= 15 is 0 Å². The van der Waals surface area contributed by atoms with E-state index in [9.17, 15) is 9.59 Å². The predicted molar refractivity (Wildman–Crippen MR) is 84.1 cm³/mol. The van der Waals surface area contributed by atoms with E-state index in [4.69, 9.17) is 0 Å². The van der Waals surface area contributed by atoms with Crippen molar-refractivity contribution in [3.63, 3.8) is 0 Å². The predicted octanol–water partition coefficient (Wildman–Crippen LogP) is 0.0449. The van der Waals surface area contributed by atoms with Crippen molar-refractivity contribution in [1.82, 2.24) is 20.4 Å². The second-order valence-electron chi connectivity index (χ2n) is 6.19. The van der Waals surface area contributed by atoms with Crippen molar-refractivity contribution in [1.29, 1.82) is 0 Å². The fraction of sp³-hybridized carbons (Fsp3) is 0.867. The van der Waals surface area contributed by atoms with Gasteiger partial charge in [-0.25, -0.2) is 0 Å². The molecule has 0 atom stereocenters. The molecule has 0 spiro atoms. The minimum Gasteiger partial charge on any atom is -0.355 e. The normalized spacial score (nSPS) is 18.3. The van der Waals surface area contributed by atoms with Crippen molar-refractivity contribution in [3.8, 4) is 0 Å². The molecule has 0 aliphatic carbocycles. The number of piperidine rings is 1. The van der Waals surface area contributed by atoms with E-state index in [1.807, 2.05) is 14.0 Å². The quantitative estimate of drug-likeness (QED) is 0.697. The molecule has 0 aromatic rings. The molecule has 21 heavy (non-hydrogen) atoms. The van der Waals surface area contributed by atoms with Crippen molar-refractivity contribution in [2.75, 3.05) is 46.8 Å². The molecule has 0 aromatic heterocycles. The lowest BCUT2D eigenvalue weighted by atomic mass is 9.90. The maximum Gasteiger partial charge on any atom is 0.239 e. The van der Waals surface area contributed by atoms with E-state index < -0.39 is 0 Å². The minimum atomic E-state index is -0.0888. The van der Waals surface area contributed by atoms with E-state index in [1.165, 1.54) is 4.90 Å². The molecule has 122 valence electrons.